The average Bonchev–Trinajstić information content (AvgIpc) is 2.68. The minimum absolute atomic E-state index is 0.0869. The van der Waals surface area contributed by atoms with Crippen LogP contribution >= 0.6 is 0 Å². The first-order chi connectivity index (χ1) is 13.3. The van der Waals surface area contributed by atoms with Gasteiger partial charge in [0.05, 0.1) is 7.11 Å². The zero-order valence-corrected chi connectivity index (χ0v) is 17.8. The average molecular weight is 375 g/mol. The van der Waals surface area contributed by atoms with Gasteiger partial charge in [-0.2, -0.15) is 0 Å². The van der Waals surface area contributed by atoms with E-state index in [1.807, 2.05) is 0 Å². The summed E-state index contributed by atoms with van der Waals surface area (Å²) < 4.78 is 4.63. The third kappa shape index (κ3) is 22.4. The van der Waals surface area contributed by atoms with Gasteiger partial charge < -0.3 is 4.74 Å². The van der Waals surface area contributed by atoms with Crippen molar-refractivity contribution < 1.29 is 9.53 Å². The molecule has 0 aliphatic heterocycles. The van der Waals surface area contributed by atoms with E-state index in [1.54, 1.807) is 0 Å². The van der Waals surface area contributed by atoms with Crippen LogP contribution in [0.1, 0.15) is 96.8 Å². The molecule has 0 unspecified atom stereocenters. The van der Waals surface area contributed by atoms with Crippen molar-refractivity contribution in [1.82, 2.24) is 0 Å². The number of carbonyl (C=O) groups is 1. The number of methoxy groups -OCH3 is 1. The molecule has 0 bridgehead atoms. The van der Waals surface area contributed by atoms with Crippen LogP contribution in [0, 0.1) is 0 Å². The largest absolute Gasteiger partial charge is 0.469 e. The molecule has 0 radical (unpaired) electrons. The van der Waals surface area contributed by atoms with Crippen LogP contribution in [0.2, 0.25) is 0 Å². The summed E-state index contributed by atoms with van der Waals surface area (Å²) in [7, 11) is 1.45. The van der Waals surface area contributed by atoms with Gasteiger partial charge in [0.1, 0.15) is 0 Å². The van der Waals surface area contributed by atoms with Crippen LogP contribution in [0.3, 0.4) is 0 Å². The van der Waals surface area contributed by atoms with E-state index in [0.29, 0.717) is 6.42 Å². The van der Waals surface area contributed by atoms with Gasteiger partial charge in [0.25, 0.3) is 0 Å². The molecule has 2 nitrogen and oxygen atoms in total. The summed E-state index contributed by atoms with van der Waals surface area (Å²) in [5, 5.41) is 0. The number of hydrogen-bond donors (Lipinski definition) is 0. The summed E-state index contributed by atoms with van der Waals surface area (Å²) in [5.41, 5.74) is 0. The van der Waals surface area contributed by atoms with Crippen LogP contribution in [0.15, 0.2) is 48.6 Å². The SMILES string of the molecule is CCCCC/C=C/C/C=C/C/C=C/C/C=C/CCCCCCCC(=O)OC. The number of allylic oxidation sites excluding steroid dienone is 8. The Morgan fingerprint density at radius 2 is 1.07 bits per heavy atom. The summed E-state index contributed by atoms with van der Waals surface area (Å²) >= 11 is 0. The van der Waals surface area contributed by atoms with Crippen LogP contribution in [-0.2, 0) is 9.53 Å². The summed E-state index contributed by atoms with van der Waals surface area (Å²) in [6.07, 6.45) is 34.0. The molecule has 0 aromatic carbocycles. The minimum Gasteiger partial charge on any atom is -0.469 e. The third-order valence-corrected chi connectivity index (χ3v) is 4.44. The molecule has 27 heavy (non-hydrogen) atoms. The first-order valence-corrected chi connectivity index (χ1v) is 11.0. The van der Waals surface area contributed by atoms with Crippen LogP contribution in [0.25, 0.3) is 0 Å². The molecule has 0 amide bonds. The van der Waals surface area contributed by atoms with Crippen molar-refractivity contribution in [1.29, 1.82) is 0 Å². The van der Waals surface area contributed by atoms with Crippen molar-refractivity contribution in [2.75, 3.05) is 7.11 Å². The number of esters is 1. The standard InChI is InChI=1S/C25H42O2/c1-3-4-5-6-7-8-9-10-11-12-13-14-15-16-17-18-19-20-21-22-23-24-25(26)27-2/h7-8,10-11,13-14,16-17H,3-6,9,12,15,18-24H2,1-2H3/b8-7+,11-10+,14-13+,17-16+. The molecule has 0 N–H and O–H groups in total. The highest BCUT2D eigenvalue weighted by atomic mass is 16.5. The molecule has 0 spiro atoms. The van der Waals surface area contributed by atoms with Crippen LogP contribution in [0.5, 0.6) is 0 Å². The van der Waals surface area contributed by atoms with E-state index in [9.17, 15) is 4.79 Å². The van der Waals surface area contributed by atoms with Gasteiger partial charge in [-0.25, -0.2) is 0 Å². The summed E-state index contributed by atoms with van der Waals surface area (Å²) in [5.74, 6) is -0.0869. The second kappa shape index (κ2) is 22.5. The normalized spacial score (nSPS) is 12.2. The molecule has 0 aromatic heterocycles. The van der Waals surface area contributed by atoms with Crippen molar-refractivity contribution in [2.24, 2.45) is 0 Å². The lowest BCUT2D eigenvalue weighted by atomic mass is 10.1. The zero-order valence-electron chi connectivity index (χ0n) is 17.8. The maximum atomic E-state index is 11.0. The monoisotopic (exact) mass is 374 g/mol. The smallest absolute Gasteiger partial charge is 0.305 e. The van der Waals surface area contributed by atoms with Crippen molar-refractivity contribution >= 4 is 5.97 Å². The molecule has 154 valence electrons. The van der Waals surface area contributed by atoms with Gasteiger partial charge in [-0.05, 0) is 51.4 Å². The first-order valence-electron chi connectivity index (χ1n) is 11.0. The van der Waals surface area contributed by atoms with Crippen LogP contribution < -0.4 is 0 Å². The Bertz CT molecular complexity index is 430. The van der Waals surface area contributed by atoms with E-state index in [0.717, 1.165) is 38.5 Å². The fourth-order valence-electron chi connectivity index (χ4n) is 2.72. The van der Waals surface area contributed by atoms with Gasteiger partial charge >= 0.3 is 5.97 Å². The van der Waals surface area contributed by atoms with E-state index in [2.05, 4.69) is 60.3 Å². The highest BCUT2D eigenvalue weighted by Crippen LogP contribution is 2.08. The number of carbonyl (C=O) groups excluding carboxylic acids is 1. The van der Waals surface area contributed by atoms with E-state index in [4.69, 9.17) is 0 Å². The molecule has 0 aliphatic carbocycles. The molecular formula is C25H42O2. The first kappa shape index (κ1) is 25.4. The Labute approximate surface area is 168 Å². The van der Waals surface area contributed by atoms with Crippen molar-refractivity contribution in [3.05, 3.63) is 48.6 Å². The van der Waals surface area contributed by atoms with Crippen molar-refractivity contribution in [2.45, 2.75) is 96.8 Å². The lowest BCUT2D eigenvalue weighted by molar-refractivity contribution is -0.140. The molecule has 2 heteroatoms. The Hall–Kier alpha value is -1.57. The number of ether oxygens (including phenoxy) is 1. The molecule has 0 saturated carbocycles. The minimum atomic E-state index is -0.0869. The highest BCUT2D eigenvalue weighted by molar-refractivity contribution is 5.68. The predicted octanol–water partition coefficient (Wildman–Crippen LogP) is 7.87. The number of unbranched alkanes of at least 4 members (excludes halogenated alkanes) is 8. The Balaban J connectivity index is 3.35. The Morgan fingerprint density at radius 1 is 0.630 bits per heavy atom. The second-order valence-corrected chi connectivity index (χ2v) is 6.97. The van der Waals surface area contributed by atoms with E-state index in [1.165, 1.54) is 52.1 Å². The highest BCUT2D eigenvalue weighted by Gasteiger charge is 1.98. The zero-order chi connectivity index (χ0) is 19.8. The van der Waals surface area contributed by atoms with Crippen molar-refractivity contribution in [3.8, 4) is 0 Å². The molecule has 0 rings (SSSR count). The molecular weight excluding hydrogens is 332 g/mol. The quantitative estimate of drug-likeness (QED) is 0.139. The molecule has 0 fully saturated rings. The lowest BCUT2D eigenvalue weighted by Crippen LogP contribution is -1.98. The maximum Gasteiger partial charge on any atom is 0.305 e. The molecule has 0 aliphatic rings. The van der Waals surface area contributed by atoms with Crippen LogP contribution in [-0.4, -0.2) is 13.1 Å². The van der Waals surface area contributed by atoms with E-state index < -0.39 is 0 Å². The van der Waals surface area contributed by atoms with Crippen molar-refractivity contribution in [3.63, 3.8) is 0 Å². The fourth-order valence-corrected chi connectivity index (χ4v) is 2.72. The summed E-state index contributed by atoms with van der Waals surface area (Å²) in [6, 6.07) is 0. The summed E-state index contributed by atoms with van der Waals surface area (Å²) in [6.45, 7) is 2.25. The predicted molar refractivity (Wildman–Crippen MR) is 119 cm³/mol. The number of rotatable bonds is 18. The Morgan fingerprint density at radius 3 is 1.59 bits per heavy atom. The third-order valence-electron chi connectivity index (χ3n) is 4.44. The molecule has 0 heterocycles. The summed E-state index contributed by atoms with van der Waals surface area (Å²) in [4.78, 5) is 11.0. The van der Waals surface area contributed by atoms with E-state index >= 15 is 0 Å². The van der Waals surface area contributed by atoms with Crippen LogP contribution in [0.4, 0.5) is 0 Å². The van der Waals surface area contributed by atoms with Gasteiger partial charge in [-0.1, -0.05) is 87.6 Å². The molecule has 0 aromatic rings. The maximum absolute atomic E-state index is 11.0. The van der Waals surface area contributed by atoms with Gasteiger partial charge in [-0.15, -0.1) is 0 Å². The van der Waals surface area contributed by atoms with Gasteiger partial charge in [0.2, 0.25) is 0 Å². The Kier molecular flexibility index (Phi) is 21.2. The molecule has 0 saturated heterocycles. The van der Waals surface area contributed by atoms with Gasteiger partial charge in [0.15, 0.2) is 0 Å². The van der Waals surface area contributed by atoms with Gasteiger partial charge in [0, 0.05) is 6.42 Å². The second-order valence-electron chi connectivity index (χ2n) is 6.97. The number of hydrogen-bond acceptors (Lipinski definition) is 2. The fraction of sp³-hybridized carbons (Fsp3) is 0.640. The molecule has 0 atom stereocenters. The topological polar surface area (TPSA) is 26.3 Å². The van der Waals surface area contributed by atoms with Gasteiger partial charge in [-0.3, -0.25) is 4.79 Å². The van der Waals surface area contributed by atoms with E-state index in [-0.39, 0.29) is 5.97 Å². The lowest BCUT2D eigenvalue weighted by Gasteiger charge is -1.99.